The molecule has 0 spiro atoms. The van der Waals surface area contributed by atoms with Gasteiger partial charge in [-0.05, 0) is 24.3 Å². The number of rotatable bonds is 11. The first kappa shape index (κ1) is 26.9. The van der Waals surface area contributed by atoms with Crippen molar-refractivity contribution in [1.29, 1.82) is 0 Å². The van der Waals surface area contributed by atoms with E-state index in [1.165, 1.54) is 0 Å². The van der Waals surface area contributed by atoms with Gasteiger partial charge in [-0.1, -0.05) is 50.2 Å². The Morgan fingerprint density at radius 2 is 2.00 bits per heavy atom. The molecule has 4 N–H and O–H groups in total. The lowest BCUT2D eigenvalue weighted by molar-refractivity contribution is -0.143. The zero-order valence-electron chi connectivity index (χ0n) is 24.0. The summed E-state index contributed by atoms with van der Waals surface area (Å²) in [4.78, 5) is 38.3. The Morgan fingerprint density at radius 3 is 2.75 bits per heavy atom. The van der Waals surface area contributed by atoms with Crippen molar-refractivity contribution >= 4 is 24.5 Å². The number of ether oxygens (including phenoxy) is 2. The van der Waals surface area contributed by atoms with Crippen LogP contribution in [0.15, 0.2) is 64.3 Å². The number of H-pyrrole nitrogens is 1. The minimum atomic E-state index is -4.40. The lowest BCUT2D eigenvalue weighted by Gasteiger charge is -2.27. The zero-order chi connectivity index (χ0) is 30.8. The lowest BCUT2D eigenvalue weighted by Crippen LogP contribution is -2.46. The van der Waals surface area contributed by atoms with E-state index in [0.29, 0.717) is 9.95 Å². The fourth-order valence-corrected chi connectivity index (χ4v) is 5.31. The normalized spacial score (nSPS) is 24.9. The van der Waals surface area contributed by atoms with Crippen molar-refractivity contribution in [3.05, 3.63) is 75.5 Å². The van der Waals surface area contributed by atoms with Crippen LogP contribution in [0.25, 0.3) is 10.8 Å². The largest absolute Gasteiger partial charge is 0.464 e. The number of esters is 1. The summed E-state index contributed by atoms with van der Waals surface area (Å²) in [6.07, 6.45) is -5.76. The topological polar surface area (TPSA) is 178 Å². The van der Waals surface area contributed by atoms with E-state index in [0.717, 1.165) is 12.3 Å². The van der Waals surface area contributed by atoms with Gasteiger partial charge in [0.25, 0.3) is 5.56 Å². The van der Waals surface area contributed by atoms with Crippen LogP contribution in [0.2, 0.25) is 0 Å². The number of nitrogens with one attached hydrogen (secondary N) is 2. The van der Waals surface area contributed by atoms with Crippen molar-refractivity contribution < 1.29 is 40.8 Å². The summed E-state index contributed by atoms with van der Waals surface area (Å²) in [5, 5.41) is 25.7. The Balaban J connectivity index is 1.58. The van der Waals surface area contributed by atoms with Gasteiger partial charge in [-0.2, -0.15) is 0 Å². The fraction of sp³-hybridized carbons (Fsp3) is 0.423. The predicted octanol–water partition coefficient (Wildman–Crippen LogP) is 1.69. The van der Waals surface area contributed by atoms with Crippen LogP contribution in [-0.4, -0.2) is 63.3 Å². The molecular formula is C26H32N3O10P. The Bertz CT molecular complexity index is 1620. The summed E-state index contributed by atoms with van der Waals surface area (Å²) in [6.45, 7) is 3.73. The monoisotopic (exact) mass is 579 g/mol. The van der Waals surface area contributed by atoms with Gasteiger partial charge in [0.2, 0.25) is 0 Å². The number of hydrogen-bond acceptors (Lipinski definition) is 10. The summed E-state index contributed by atoms with van der Waals surface area (Å²) >= 11 is 0. The van der Waals surface area contributed by atoms with Crippen molar-refractivity contribution in [2.45, 2.75) is 44.8 Å². The van der Waals surface area contributed by atoms with Gasteiger partial charge in [-0.15, -0.1) is 0 Å². The Labute approximate surface area is 232 Å². The van der Waals surface area contributed by atoms with Gasteiger partial charge in [0, 0.05) is 17.6 Å². The molecule has 1 aromatic heterocycles. The minimum Gasteiger partial charge on any atom is -0.464 e. The van der Waals surface area contributed by atoms with Gasteiger partial charge >= 0.3 is 19.4 Å². The number of fused-ring (bicyclic) bond motifs is 1. The smallest absolute Gasteiger partial charge is 0.459 e. The molecule has 0 bridgehead atoms. The molecule has 0 amide bonds. The van der Waals surface area contributed by atoms with E-state index in [1.54, 1.807) is 24.3 Å². The van der Waals surface area contributed by atoms with Crippen molar-refractivity contribution in [3.8, 4) is 5.75 Å². The lowest BCUT2D eigenvalue weighted by atomic mass is 9.96. The van der Waals surface area contributed by atoms with Crippen LogP contribution in [-0.2, 0) is 23.4 Å². The molecule has 4 rings (SSSR count). The molecule has 1 fully saturated rings. The molecule has 3 aromatic rings. The van der Waals surface area contributed by atoms with Crippen LogP contribution < -0.4 is 20.9 Å². The van der Waals surface area contributed by atoms with E-state index in [1.807, 2.05) is 37.0 Å². The maximum Gasteiger partial charge on any atom is 0.459 e. The van der Waals surface area contributed by atoms with Crippen LogP contribution >= 0.6 is 7.75 Å². The molecule has 216 valence electrons. The zero-order valence-corrected chi connectivity index (χ0v) is 22.9. The van der Waals surface area contributed by atoms with E-state index < -0.39 is 74.4 Å². The molecule has 0 radical (unpaired) electrons. The number of nitrogens with zero attached hydrogens (tertiary/aromatic N) is 1. The first-order valence-electron chi connectivity index (χ1n) is 13.4. The number of aromatic amines is 1. The Hall–Kier alpha value is -3.32. The van der Waals surface area contributed by atoms with Crippen LogP contribution in [0, 0.1) is 5.92 Å². The van der Waals surface area contributed by atoms with Crippen molar-refractivity contribution in [1.82, 2.24) is 14.6 Å². The van der Waals surface area contributed by atoms with Gasteiger partial charge in [-0.3, -0.25) is 23.7 Å². The number of aromatic nitrogens is 2. The van der Waals surface area contributed by atoms with Crippen LogP contribution in [0.3, 0.4) is 0 Å². The summed E-state index contributed by atoms with van der Waals surface area (Å²) in [6, 6.07) is 11.3. The molecule has 5 atom stereocenters. The van der Waals surface area contributed by atoms with E-state index >= 15 is 0 Å². The van der Waals surface area contributed by atoms with Crippen molar-refractivity contribution in [2.24, 2.45) is 5.92 Å². The van der Waals surface area contributed by atoms with Crippen molar-refractivity contribution in [3.63, 3.8) is 0 Å². The van der Waals surface area contributed by atoms with Gasteiger partial charge in [0.1, 0.15) is 30.1 Å². The quantitative estimate of drug-likeness (QED) is 0.192. The number of benzene rings is 2. The maximum absolute atomic E-state index is 13.9. The summed E-state index contributed by atoms with van der Waals surface area (Å²) < 4.78 is 52.3. The van der Waals surface area contributed by atoms with Crippen LogP contribution in [0.1, 0.15) is 29.7 Å². The Kier molecular flexibility index (Phi) is 8.10. The molecule has 1 unspecified atom stereocenters. The number of aliphatic hydroxyl groups is 2. The molecule has 1 saturated heterocycles. The Morgan fingerprint density at radius 1 is 1.27 bits per heavy atom. The summed E-state index contributed by atoms with van der Waals surface area (Å²) in [5.74, 6) is -0.490. The number of hydrogen-bond donors (Lipinski definition) is 4. The van der Waals surface area contributed by atoms with E-state index in [-0.39, 0.29) is 18.3 Å². The first-order chi connectivity index (χ1) is 19.7. The highest BCUT2D eigenvalue weighted by atomic mass is 31.2. The molecule has 2 aromatic carbocycles. The third-order valence-corrected chi connectivity index (χ3v) is 7.56. The third-order valence-electron chi connectivity index (χ3n) is 6.09. The fourth-order valence-electron chi connectivity index (χ4n) is 4.02. The molecule has 40 heavy (non-hydrogen) atoms. The van der Waals surface area contributed by atoms with Crippen LogP contribution in [0.5, 0.6) is 5.75 Å². The number of carbonyl (C=O) groups excluding carboxylic acids is 1. The maximum atomic E-state index is 13.9. The highest BCUT2D eigenvalue weighted by molar-refractivity contribution is 7.52. The van der Waals surface area contributed by atoms with E-state index in [9.17, 15) is 29.2 Å². The molecule has 13 nitrogen and oxygen atoms in total. The van der Waals surface area contributed by atoms with Crippen molar-refractivity contribution in [2.75, 3.05) is 19.8 Å². The number of carbonyl (C=O) groups is 1. The summed E-state index contributed by atoms with van der Waals surface area (Å²) in [7, 11) is -4.40. The molecule has 0 saturated carbocycles. The van der Waals surface area contributed by atoms with E-state index in [2.05, 4.69) is 5.09 Å². The second kappa shape index (κ2) is 12.0. The summed E-state index contributed by atoms with van der Waals surface area (Å²) in [5.41, 5.74) is -4.47. The molecule has 2 heterocycles. The van der Waals surface area contributed by atoms with Gasteiger partial charge < -0.3 is 24.2 Å². The minimum absolute atomic E-state index is 0.0657. The van der Waals surface area contributed by atoms with Gasteiger partial charge in [0.05, 0.1) is 16.0 Å². The average molecular weight is 580 g/mol. The molecule has 14 heteroatoms. The third kappa shape index (κ3) is 6.69. The predicted molar refractivity (Wildman–Crippen MR) is 144 cm³/mol. The molecule has 1 aliphatic heterocycles. The van der Waals surface area contributed by atoms with Crippen LogP contribution in [0.4, 0.5) is 0 Å². The average Bonchev–Trinajstić information content (AvgIpc) is 3.16. The van der Waals surface area contributed by atoms with Gasteiger partial charge in [-0.25, -0.2) is 14.4 Å². The van der Waals surface area contributed by atoms with E-state index in [4.69, 9.17) is 21.3 Å². The SMILES string of the molecule is [2H]c1c([2H])n([C@@H]2O[C@H](COP(=O)(NCC(=O)OCC(C)C)Oc3cccc4ccccc34)[C@@H](O)[C@@]2(C)O)c(=O)[nH]c1=O. The first-order valence-corrected chi connectivity index (χ1v) is 14.0. The molecular weight excluding hydrogens is 545 g/mol. The number of aliphatic hydroxyl groups excluding tert-OH is 1. The highest BCUT2D eigenvalue weighted by Crippen LogP contribution is 2.47. The second-order valence-corrected chi connectivity index (χ2v) is 11.6. The highest BCUT2D eigenvalue weighted by Gasteiger charge is 2.54. The molecule has 1 aliphatic rings. The second-order valence-electron chi connectivity index (χ2n) is 9.84. The molecule has 0 aliphatic carbocycles. The van der Waals surface area contributed by atoms with Gasteiger partial charge in [0.15, 0.2) is 6.23 Å². The standard InChI is InChI=1S/C26H32N3O10P/c1-16(2)14-36-22(31)13-27-40(35,39-19-10-6-8-17-7-4-5-9-18(17)19)37-15-20-23(32)26(3,34)24(38-20)29-12-11-21(30)28-25(29)33/h4-12,16,20,23-24,32,34H,13-15H2,1-3H3,(H,27,35)(H,28,30,33)/t20-,23-,24-,26-,40?/m1/s1/i11D,12D.